The molecule has 0 heterocycles. The maximum Gasteiger partial charge on any atom is 0.0567 e. The summed E-state index contributed by atoms with van der Waals surface area (Å²) in [6, 6.07) is 11.7. The fraction of sp³-hybridized carbons (Fsp3) is 0.889. The summed E-state index contributed by atoms with van der Waals surface area (Å²) in [5.74, 6) is 0. The van der Waals surface area contributed by atoms with Crippen LogP contribution in [0.15, 0.2) is 11.1 Å². The molecule has 0 saturated heterocycles. The molecule has 120 valence electrons. The highest BCUT2D eigenvalue weighted by atomic mass is 28.3. The second-order valence-electron chi connectivity index (χ2n) is 7.04. The van der Waals surface area contributed by atoms with E-state index >= 15 is 0 Å². The van der Waals surface area contributed by atoms with Gasteiger partial charge in [0.2, 0.25) is 0 Å². The van der Waals surface area contributed by atoms with Crippen LogP contribution in [0, 0.1) is 0 Å². The van der Waals surface area contributed by atoms with Gasteiger partial charge in [0.1, 0.15) is 0 Å². The van der Waals surface area contributed by atoms with Gasteiger partial charge in [0, 0.05) is 0 Å². The second kappa shape index (κ2) is 9.24. The maximum atomic E-state index is 2.44. The van der Waals surface area contributed by atoms with Gasteiger partial charge in [0.25, 0.3) is 0 Å². The fourth-order valence-corrected chi connectivity index (χ4v) is 11.0. The summed E-state index contributed by atoms with van der Waals surface area (Å²) >= 11 is 0. The van der Waals surface area contributed by atoms with E-state index in [2.05, 4.69) is 55.4 Å². The molecule has 0 aliphatic carbocycles. The molecule has 0 aromatic rings. The molecule has 0 aromatic heterocycles. The molecular weight excluding hydrogens is 272 g/mol. The quantitative estimate of drug-likeness (QED) is 0.292. The van der Waals surface area contributed by atoms with Gasteiger partial charge in [0.15, 0.2) is 0 Å². The van der Waals surface area contributed by atoms with Gasteiger partial charge in [-0.1, -0.05) is 89.0 Å². The van der Waals surface area contributed by atoms with Crippen LogP contribution in [0.1, 0.15) is 55.4 Å². The first kappa shape index (κ1) is 20.2. The normalized spacial score (nSPS) is 14.4. The van der Waals surface area contributed by atoms with Gasteiger partial charge in [-0.15, -0.1) is 0 Å². The van der Waals surface area contributed by atoms with Crippen LogP contribution in [0.3, 0.4) is 0 Å². The Morgan fingerprint density at radius 3 is 0.850 bits per heavy atom. The SMILES string of the molecule is CC[Si](CC)(CC)CC(C)=C(C)C[Si](CC)(CC)CC. The molecule has 0 bridgehead atoms. The summed E-state index contributed by atoms with van der Waals surface area (Å²) in [7, 11) is -1.98. The van der Waals surface area contributed by atoms with Gasteiger partial charge in [-0.3, -0.25) is 0 Å². The Bertz CT molecular complexity index is 250. The minimum atomic E-state index is -0.992. The topological polar surface area (TPSA) is 0 Å². The lowest BCUT2D eigenvalue weighted by Crippen LogP contribution is -2.33. The van der Waals surface area contributed by atoms with Crippen molar-refractivity contribution >= 4 is 16.1 Å². The standard InChI is InChI=1S/C18H40Si2/c1-9-19(10-2,11-3)15-17(7)18(8)16-20(12-4,13-5)14-6/h9-16H2,1-8H3. The highest BCUT2D eigenvalue weighted by Gasteiger charge is 2.30. The van der Waals surface area contributed by atoms with Crippen LogP contribution in [-0.4, -0.2) is 16.1 Å². The molecule has 0 rings (SSSR count). The van der Waals surface area contributed by atoms with Crippen LogP contribution >= 0.6 is 0 Å². The van der Waals surface area contributed by atoms with Crippen LogP contribution in [0.5, 0.6) is 0 Å². The first-order chi connectivity index (χ1) is 9.38. The minimum Gasteiger partial charge on any atom is -0.0773 e. The van der Waals surface area contributed by atoms with Gasteiger partial charge in [-0.2, -0.15) is 0 Å². The number of hydrogen-bond donors (Lipinski definition) is 0. The molecule has 0 aromatic carbocycles. The summed E-state index contributed by atoms with van der Waals surface area (Å²) in [4.78, 5) is 0. The largest absolute Gasteiger partial charge is 0.0773 e. The van der Waals surface area contributed by atoms with Crippen molar-refractivity contribution in [2.75, 3.05) is 0 Å². The lowest BCUT2D eigenvalue weighted by atomic mass is 10.2. The Morgan fingerprint density at radius 2 is 0.700 bits per heavy atom. The molecular formula is C18H40Si2. The van der Waals surface area contributed by atoms with Crippen LogP contribution in [0.4, 0.5) is 0 Å². The lowest BCUT2D eigenvalue weighted by molar-refractivity contribution is 1.06. The van der Waals surface area contributed by atoms with Crippen LogP contribution in [-0.2, 0) is 0 Å². The van der Waals surface area contributed by atoms with Crippen LogP contribution in [0.2, 0.25) is 48.4 Å². The third kappa shape index (κ3) is 5.18. The van der Waals surface area contributed by atoms with E-state index in [1.807, 2.05) is 0 Å². The van der Waals surface area contributed by atoms with Crippen molar-refractivity contribution in [1.82, 2.24) is 0 Å². The van der Waals surface area contributed by atoms with Crippen LogP contribution in [0.25, 0.3) is 0 Å². The van der Waals surface area contributed by atoms with Crippen molar-refractivity contribution < 1.29 is 0 Å². The first-order valence-corrected chi connectivity index (χ1v) is 14.7. The zero-order valence-corrected chi connectivity index (χ0v) is 17.7. The Hall–Kier alpha value is 0.174. The van der Waals surface area contributed by atoms with E-state index in [-0.39, 0.29) is 0 Å². The van der Waals surface area contributed by atoms with Crippen molar-refractivity contribution in [3.63, 3.8) is 0 Å². The van der Waals surface area contributed by atoms with Gasteiger partial charge < -0.3 is 0 Å². The fourth-order valence-electron chi connectivity index (χ4n) is 3.68. The van der Waals surface area contributed by atoms with E-state index < -0.39 is 16.1 Å². The second-order valence-corrected chi connectivity index (χ2v) is 18.0. The Morgan fingerprint density at radius 1 is 0.500 bits per heavy atom. The summed E-state index contributed by atoms with van der Waals surface area (Å²) < 4.78 is 0. The van der Waals surface area contributed by atoms with E-state index in [0.717, 1.165) is 0 Å². The third-order valence-corrected chi connectivity index (χ3v) is 18.1. The van der Waals surface area contributed by atoms with Crippen molar-refractivity contribution in [2.24, 2.45) is 0 Å². The first-order valence-electron chi connectivity index (χ1n) is 9.03. The molecule has 0 nitrogen and oxygen atoms in total. The molecule has 0 atom stereocenters. The predicted octanol–water partition coefficient (Wildman–Crippen LogP) is 7.34. The van der Waals surface area contributed by atoms with E-state index in [1.54, 1.807) is 11.1 Å². The maximum absolute atomic E-state index is 2.44. The van der Waals surface area contributed by atoms with Gasteiger partial charge in [-0.25, -0.2) is 0 Å². The molecule has 0 fully saturated rings. The summed E-state index contributed by atoms with van der Waals surface area (Å²) in [6.07, 6.45) is 0. The Balaban J connectivity index is 5.07. The molecule has 0 unspecified atom stereocenters. The smallest absolute Gasteiger partial charge is 0.0567 e. The average Bonchev–Trinajstić information content (AvgIpc) is 2.50. The van der Waals surface area contributed by atoms with Crippen molar-refractivity contribution in [3.8, 4) is 0 Å². The summed E-state index contributed by atoms with van der Waals surface area (Å²) in [6.45, 7) is 19.5. The number of allylic oxidation sites excluding steroid dienone is 2. The highest BCUT2D eigenvalue weighted by molar-refractivity contribution is 6.81. The molecule has 0 aliphatic rings. The molecule has 0 aliphatic heterocycles. The number of hydrogen-bond acceptors (Lipinski definition) is 0. The highest BCUT2D eigenvalue weighted by Crippen LogP contribution is 2.34. The molecule has 0 radical (unpaired) electrons. The Labute approximate surface area is 131 Å². The van der Waals surface area contributed by atoms with Crippen molar-refractivity contribution in [3.05, 3.63) is 11.1 Å². The summed E-state index contributed by atoms with van der Waals surface area (Å²) in [5.41, 5.74) is 3.52. The van der Waals surface area contributed by atoms with E-state index in [9.17, 15) is 0 Å². The molecule has 20 heavy (non-hydrogen) atoms. The van der Waals surface area contributed by atoms with E-state index in [4.69, 9.17) is 0 Å². The zero-order valence-electron chi connectivity index (χ0n) is 15.7. The van der Waals surface area contributed by atoms with Gasteiger partial charge >= 0.3 is 0 Å². The summed E-state index contributed by atoms with van der Waals surface area (Å²) in [5, 5.41) is 0. The number of rotatable bonds is 10. The molecule has 0 amide bonds. The lowest BCUT2D eigenvalue weighted by Gasteiger charge is -2.32. The molecule has 0 N–H and O–H groups in total. The van der Waals surface area contributed by atoms with E-state index in [1.165, 1.54) is 48.4 Å². The van der Waals surface area contributed by atoms with Gasteiger partial charge in [0.05, 0.1) is 16.1 Å². The predicted molar refractivity (Wildman–Crippen MR) is 102 cm³/mol. The Kier molecular flexibility index (Phi) is 9.32. The minimum absolute atomic E-state index is 0.992. The van der Waals surface area contributed by atoms with Crippen molar-refractivity contribution in [2.45, 2.75) is 104 Å². The monoisotopic (exact) mass is 312 g/mol. The third-order valence-electron chi connectivity index (χ3n) is 6.51. The zero-order chi connectivity index (χ0) is 15.8. The molecule has 0 spiro atoms. The van der Waals surface area contributed by atoms with E-state index in [0.29, 0.717) is 0 Å². The molecule has 0 saturated carbocycles. The average molecular weight is 313 g/mol. The molecule has 2 heteroatoms. The van der Waals surface area contributed by atoms with Crippen molar-refractivity contribution in [1.29, 1.82) is 0 Å². The van der Waals surface area contributed by atoms with Gasteiger partial charge in [-0.05, 0) is 25.9 Å². The van der Waals surface area contributed by atoms with Crippen LogP contribution < -0.4 is 0 Å².